The molecular weight excluding hydrogens is 312 g/mol. The van der Waals surface area contributed by atoms with Gasteiger partial charge in [-0.25, -0.2) is 0 Å². The van der Waals surface area contributed by atoms with E-state index in [1.54, 1.807) is 0 Å². The van der Waals surface area contributed by atoms with Gasteiger partial charge in [0, 0.05) is 11.0 Å². The molecule has 0 aliphatic carbocycles. The molecule has 2 aromatic carbocycles. The topological polar surface area (TPSA) is 95.0 Å². The fourth-order valence-corrected chi connectivity index (χ4v) is 2.44. The molecule has 0 aliphatic heterocycles. The van der Waals surface area contributed by atoms with E-state index in [-0.39, 0.29) is 12.4 Å². The van der Waals surface area contributed by atoms with Gasteiger partial charge in [0.25, 0.3) is 0 Å². The Morgan fingerprint density at radius 3 is 1.91 bits per heavy atom. The highest BCUT2D eigenvalue weighted by atomic mass is 35.5. The molecule has 0 spiro atoms. The Hall–Kier alpha value is -2.04. The van der Waals surface area contributed by atoms with Crippen LogP contribution in [0.5, 0.6) is 0 Å². The van der Waals surface area contributed by atoms with Crippen molar-refractivity contribution in [2.45, 2.75) is 31.0 Å². The molecule has 23 heavy (non-hydrogen) atoms. The maximum absolute atomic E-state index is 10.4. The first kappa shape index (κ1) is 19.0. The van der Waals surface area contributed by atoms with E-state index < -0.39 is 18.2 Å². The highest BCUT2D eigenvalue weighted by Crippen LogP contribution is 2.14. The van der Waals surface area contributed by atoms with Gasteiger partial charge < -0.3 is 10.8 Å². The van der Waals surface area contributed by atoms with E-state index in [4.69, 9.17) is 11.3 Å². The molecule has 0 amide bonds. The molecule has 2 rings (SSSR count). The normalized spacial score (nSPS) is 14.0. The van der Waals surface area contributed by atoms with Gasteiger partial charge in [0.05, 0.1) is 12.1 Å². The van der Waals surface area contributed by atoms with Crippen LogP contribution in [0.4, 0.5) is 0 Å². The predicted molar refractivity (Wildman–Crippen MR) is 94.5 cm³/mol. The Bertz CT molecular complexity index is 617. The number of hydrogen-bond acceptors (Lipinski definition) is 3. The summed E-state index contributed by atoms with van der Waals surface area (Å²) >= 11 is 0. The molecule has 0 aliphatic rings. The van der Waals surface area contributed by atoms with Crippen LogP contribution in [-0.4, -0.2) is 23.3 Å². The Labute approximate surface area is 142 Å². The minimum atomic E-state index is -0.892. The van der Waals surface area contributed by atoms with E-state index in [1.807, 2.05) is 60.7 Å². The fourth-order valence-electron chi connectivity index (χ4n) is 2.44. The lowest BCUT2D eigenvalue weighted by atomic mass is 9.93. The van der Waals surface area contributed by atoms with Gasteiger partial charge in [-0.2, -0.15) is 0 Å². The van der Waals surface area contributed by atoms with E-state index in [2.05, 4.69) is 10.0 Å². The molecule has 5 nitrogen and oxygen atoms in total. The average Bonchev–Trinajstić information content (AvgIpc) is 2.55. The predicted octanol–water partition coefficient (Wildman–Crippen LogP) is 3.26. The molecule has 0 fully saturated rings. The first-order valence-corrected chi connectivity index (χ1v) is 7.26. The molecule has 0 saturated heterocycles. The van der Waals surface area contributed by atoms with Crippen molar-refractivity contribution >= 4 is 12.4 Å². The van der Waals surface area contributed by atoms with Crippen molar-refractivity contribution in [2.24, 2.45) is 10.8 Å². The van der Waals surface area contributed by atoms with Gasteiger partial charge in [0.15, 0.2) is 0 Å². The third-order valence-corrected chi connectivity index (χ3v) is 3.63. The van der Waals surface area contributed by atoms with Crippen LogP contribution >= 0.6 is 12.4 Å². The molecule has 0 aromatic heterocycles. The smallest absolute Gasteiger partial charge is 0.0782 e. The molecule has 3 atom stereocenters. The average molecular weight is 333 g/mol. The number of aliphatic hydroxyl groups excluding tert-OH is 1. The van der Waals surface area contributed by atoms with Crippen LogP contribution in [0.25, 0.3) is 10.4 Å². The van der Waals surface area contributed by atoms with Crippen LogP contribution < -0.4 is 5.73 Å². The number of rotatable bonds is 7. The highest BCUT2D eigenvalue weighted by molar-refractivity contribution is 5.85. The minimum Gasteiger partial charge on any atom is -0.391 e. The lowest BCUT2D eigenvalue weighted by molar-refractivity contribution is 0.116. The van der Waals surface area contributed by atoms with Crippen molar-refractivity contribution in [3.8, 4) is 0 Å². The zero-order valence-electron chi connectivity index (χ0n) is 12.7. The maximum Gasteiger partial charge on any atom is 0.0782 e. The first-order chi connectivity index (χ1) is 10.7. The van der Waals surface area contributed by atoms with Crippen LogP contribution in [0.2, 0.25) is 0 Å². The van der Waals surface area contributed by atoms with Gasteiger partial charge in [0.2, 0.25) is 0 Å². The summed E-state index contributed by atoms with van der Waals surface area (Å²) in [6, 6.07) is 18.3. The van der Waals surface area contributed by atoms with E-state index in [0.717, 1.165) is 11.1 Å². The minimum absolute atomic E-state index is 0. The van der Waals surface area contributed by atoms with Crippen molar-refractivity contribution in [3.05, 3.63) is 82.2 Å². The lowest BCUT2D eigenvalue weighted by Crippen LogP contribution is -2.44. The van der Waals surface area contributed by atoms with Crippen LogP contribution in [-0.2, 0) is 12.8 Å². The summed E-state index contributed by atoms with van der Waals surface area (Å²) in [6.45, 7) is 0. The quantitative estimate of drug-likeness (QED) is 0.462. The van der Waals surface area contributed by atoms with Crippen LogP contribution in [0.1, 0.15) is 11.1 Å². The van der Waals surface area contributed by atoms with E-state index in [9.17, 15) is 5.11 Å². The number of aliphatic hydroxyl groups is 1. The SMILES string of the molecule is Cl.[N-]=[N+]=NC(Cc1ccccc1)C(O)C(N)Cc1ccccc1. The summed E-state index contributed by atoms with van der Waals surface area (Å²) < 4.78 is 0. The molecule has 0 heterocycles. The molecule has 122 valence electrons. The summed E-state index contributed by atoms with van der Waals surface area (Å²) in [4.78, 5) is 2.85. The van der Waals surface area contributed by atoms with Gasteiger partial charge >= 0.3 is 0 Å². The molecular formula is C17H21ClN4O. The van der Waals surface area contributed by atoms with Gasteiger partial charge in [0.1, 0.15) is 0 Å². The zero-order valence-corrected chi connectivity index (χ0v) is 13.5. The lowest BCUT2D eigenvalue weighted by Gasteiger charge is -2.24. The van der Waals surface area contributed by atoms with Gasteiger partial charge in [-0.3, -0.25) is 0 Å². The number of benzene rings is 2. The number of azide groups is 1. The second kappa shape index (κ2) is 9.87. The monoisotopic (exact) mass is 332 g/mol. The van der Waals surface area contributed by atoms with Gasteiger partial charge in [-0.05, 0) is 29.5 Å². The summed E-state index contributed by atoms with van der Waals surface area (Å²) in [5, 5.41) is 14.2. The molecule has 3 unspecified atom stereocenters. The summed E-state index contributed by atoms with van der Waals surface area (Å²) in [5.41, 5.74) is 16.9. The molecule has 3 N–H and O–H groups in total. The zero-order chi connectivity index (χ0) is 15.8. The summed E-state index contributed by atoms with van der Waals surface area (Å²) in [5.74, 6) is 0. The number of nitrogens with zero attached hydrogens (tertiary/aromatic N) is 3. The Morgan fingerprint density at radius 2 is 1.43 bits per heavy atom. The molecule has 2 aromatic rings. The van der Waals surface area contributed by atoms with Gasteiger partial charge in [-0.1, -0.05) is 65.8 Å². The van der Waals surface area contributed by atoms with Crippen molar-refractivity contribution < 1.29 is 5.11 Å². The Morgan fingerprint density at radius 1 is 0.957 bits per heavy atom. The molecule has 6 heteroatoms. The second-order valence-corrected chi connectivity index (χ2v) is 5.31. The molecule has 0 radical (unpaired) electrons. The second-order valence-electron chi connectivity index (χ2n) is 5.31. The third kappa shape index (κ3) is 5.93. The van der Waals surface area contributed by atoms with E-state index in [1.165, 1.54) is 0 Å². The Kier molecular flexibility index (Phi) is 8.16. The van der Waals surface area contributed by atoms with Crippen molar-refractivity contribution in [3.63, 3.8) is 0 Å². The van der Waals surface area contributed by atoms with E-state index >= 15 is 0 Å². The molecule has 0 saturated carbocycles. The summed E-state index contributed by atoms with van der Waals surface area (Å²) in [6.07, 6.45) is 0.110. The number of halogens is 1. The fraction of sp³-hybridized carbons (Fsp3) is 0.294. The van der Waals surface area contributed by atoms with Crippen molar-refractivity contribution in [1.82, 2.24) is 0 Å². The van der Waals surface area contributed by atoms with Crippen molar-refractivity contribution in [1.29, 1.82) is 0 Å². The maximum atomic E-state index is 10.4. The number of nitrogens with two attached hydrogens (primary N) is 1. The Balaban J connectivity index is 0.00000264. The standard InChI is InChI=1S/C17H20N4O.ClH/c18-15(11-13-7-3-1-4-8-13)17(22)16(20-21-19)12-14-9-5-2-6-10-14;/h1-10,15-17,22H,11-12,18H2;1H. The van der Waals surface area contributed by atoms with E-state index in [0.29, 0.717) is 12.8 Å². The number of hydrogen-bond donors (Lipinski definition) is 2. The first-order valence-electron chi connectivity index (χ1n) is 7.26. The summed E-state index contributed by atoms with van der Waals surface area (Å²) in [7, 11) is 0. The van der Waals surface area contributed by atoms with Crippen LogP contribution in [0.15, 0.2) is 65.8 Å². The van der Waals surface area contributed by atoms with Crippen LogP contribution in [0, 0.1) is 0 Å². The third-order valence-electron chi connectivity index (χ3n) is 3.63. The highest BCUT2D eigenvalue weighted by Gasteiger charge is 2.24. The van der Waals surface area contributed by atoms with Crippen LogP contribution in [0.3, 0.4) is 0 Å². The van der Waals surface area contributed by atoms with Crippen molar-refractivity contribution in [2.75, 3.05) is 0 Å². The van der Waals surface area contributed by atoms with Gasteiger partial charge in [-0.15, -0.1) is 12.4 Å². The largest absolute Gasteiger partial charge is 0.391 e. The molecule has 0 bridgehead atoms.